The topological polar surface area (TPSA) is 37.3 Å². The summed E-state index contributed by atoms with van der Waals surface area (Å²) in [5, 5.41) is 9.16. The van der Waals surface area contributed by atoms with Gasteiger partial charge in [0.1, 0.15) is 0 Å². The van der Waals surface area contributed by atoms with Crippen LogP contribution in [0.3, 0.4) is 0 Å². The maximum Gasteiger partial charge on any atom is 0.335 e. The summed E-state index contributed by atoms with van der Waals surface area (Å²) in [6.07, 6.45) is 11.0. The molecule has 3 rings (SSSR count). The number of aryl methyl sites for hydroxylation is 1. The molecule has 2 nitrogen and oxygen atoms in total. The predicted octanol–water partition coefficient (Wildman–Crippen LogP) is 4.29. The maximum absolute atomic E-state index is 11.2. The van der Waals surface area contributed by atoms with Crippen LogP contribution >= 0.6 is 0 Å². The van der Waals surface area contributed by atoms with Crippen molar-refractivity contribution in [1.29, 1.82) is 0 Å². The number of aromatic carboxylic acids is 1. The van der Waals surface area contributed by atoms with E-state index in [0.717, 1.165) is 12.8 Å². The number of hydrogen-bond donors (Lipinski definition) is 1. The minimum Gasteiger partial charge on any atom is -0.478 e. The van der Waals surface area contributed by atoms with Gasteiger partial charge in [0, 0.05) is 0 Å². The van der Waals surface area contributed by atoms with Gasteiger partial charge < -0.3 is 5.11 Å². The first-order valence-corrected chi connectivity index (χ1v) is 7.32. The fraction of sp³-hybridized carbons (Fsp3) is 0.471. The number of hydrogen-bond acceptors (Lipinski definition) is 1. The van der Waals surface area contributed by atoms with Gasteiger partial charge in [-0.25, -0.2) is 4.79 Å². The SMILES string of the molecule is O=C(O)c1ccc2c(c1)C(C1CCCCC1)=CCC2. The zero-order chi connectivity index (χ0) is 13.2. The third-order valence-corrected chi connectivity index (χ3v) is 4.49. The standard InChI is InChI=1S/C17H20O2/c18-17(19)14-10-9-13-7-4-8-15(16(13)11-14)12-5-2-1-3-6-12/h8-12H,1-7H2,(H,18,19). The van der Waals surface area contributed by atoms with Crippen molar-refractivity contribution >= 4 is 11.5 Å². The van der Waals surface area contributed by atoms with Crippen molar-refractivity contribution in [2.45, 2.75) is 44.9 Å². The molecular formula is C17H20O2. The summed E-state index contributed by atoms with van der Waals surface area (Å²) in [5.74, 6) is -0.173. The smallest absolute Gasteiger partial charge is 0.335 e. The zero-order valence-electron chi connectivity index (χ0n) is 11.2. The summed E-state index contributed by atoms with van der Waals surface area (Å²) in [5.41, 5.74) is 4.37. The lowest BCUT2D eigenvalue weighted by Crippen LogP contribution is -2.13. The van der Waals surface area contributed by atoms with Crippen LogP contribution in [0, 0.1) is 5.92 Å². The molecule has 1 saturated carbocycles. The van der Waals surface area contributed by atoms with Crippen molar-refractivity contribution in [2.24, 2.45) is 5.92 Å². The Kier molecular flexibility index (Phi) is 3.41. The van der Waals surface area contributed by atoms with Crippen molar-refractivity contribution in [3.05, 3.63) is 41.0 Å². The molecule has 2 aliphatic rings. The summed E-state index contributed by atoms with van der Waals surface area (Å²) in [4.78, 5) is 11.2. The Morgan fingerprint density at radius 2 is 1.95 bits per heavy atom. The maximum atomic E-state index is 11.2. The fourth-order valence-corrected chi connectivity index (χ4v) is 3.49. The Labute approximate surface area is 114 Å². The number of allylic oxidation sites excluding steroid dienone is 2. The first-order valence-electron chi connectivity index (χ1n) is 7.32. The van der Waals surface area contributed by atoms with E-state index in [1.807, 2.05) is 12.1 Å². The minimum absolute atomic E-state index is 0.419. The van der Waals surface area contributed by atoms with Gasteiger partial charge >= 0.3 is 5.97 Å². The van der Waals surface area contributed by atoms with E-state index in [1.54, 1.807) is 6.07 Å². The number of carbonyl (C=O) groups is 1. The average molecular weight is 256 g/mol. The van der Waals surface area contributed by atoms with Crippen molar-refractivity contribution in [1.82, 2.24) is 0 Å². The number of carboxylic acid groups (broad SMARTS) is 1. The third kappa shape index (κ3) is 2.44. The molecule has 0 unspecified atom stereocenters. The molecule has 0 aliphatic heterocycles. The molecule has 1 aromatic carbocycles. The van der Waals surface area contributed by atoms with Crippen LogP contribution in [-0.2, 0) is 6.42 Å². The highest BCUT2D eigenvalue weighted by Gasteiger charge is 2.23. The van der Waals surface area contributed by atoms with Crippen molar-refractivity contribution in [3.8, 4) is 0 Å². The van der Waals surface area contributed by atoms with E-state index in [2.05, 4.69) is 6.08 Å². The number of carboxylic acids is 1. The second kappa shape index (κ2) is 5.20. The molecule has 0 aromatic heterocycles. The Balaban J connectivity index is 1.97. The molecule has 0 saturated heterocycles. The molecule has 0 atom stereocenters. The van der Waals surface area contributed by atoms with Crippen LogP contribution in [0.2, 0.25) is 0 Å². The van der Waals surface area contributed by atoms with Crippen LogP contribution in [0.5, 0.6) is 0 Å². The first kappa shape index (κ1) is 12.5. The van der Waals surface area contributed by atoms with Crippen molar-refractivity contribution in [3.63, 3.8) is 0 Å². The molecule has 19 heavy (non-hydrogen) atoms. The minimum atomic E-state index is -0.823. The van der Waals surface area contributed by atoms with Crippen molar-refractivity contribution < 1.29 is 9.90 Å². The molecule has 2 aliphatic carbocycles. The van der Waals surface area contributed by atoms with E-state index >= 15 is 0 Å². The van der Waals surface area contributed by atoms with Crippen LogP contribution in [0.15, 0.2) is 24.3 Å². The molecule has 1 N–H and O–H groups in total. The molecule has 0 heterocycles. The number of fused-ring (bicyclic) bond motifs is 1. The summed E-state index contributed by atoms with van der Waals surface area (Å²) in [7, 11) is 0. The van der Waals surface area contributed by atoms with E-state index in [-0.39, 0.29) is 0 Å². The molecule has 2 heteroatoms. The highest BCUT2D eigenvalue weighted by molar-refractivity contribution is 5.89. The quantitative estimate of drug-likeness (QED) is 0.856. The summed E-state index contributed by atoms with van der Waals surface area (Å²) < 4.78 is 0. The highest BCUT2D eigenvalue weighted by Crippen LogP contribution is 2.39. The van der Waals surface area contributed by atoms with Crippen LogP contribution in [0.4, 0.5) is 0 Å². The van der Waals surface area contributed by atoms with Gasteiger partial charge in [-0.2, -0.15) is 0 Å². The Morgan fingerprint density at radius 1 is 1.16 bits per heavy atom. The predicted molar refractivity (Wildman–Crippen MR) is 76.3 cm³/mol. The van der Waals surface area contributed by atoms with E-state index in [1.165, 1.54) is 48.8 Å². The van der Waals surface area contributed by atoms with Gasteiger partial charge in [-0.1, -0.05) is 31.4 Å². The lowest BCUT2D eigenvalue weighted by molar-refractivity contribution is 0.0697. The molecule has 0 amide bonds. The lowest BCUT2D eigenvalue weighted by atomic mass is 9.76. The Bertz CT molecular complexity index is 522. The number of benzene rings is 1. The summed E-state index contributed by atoms with van der Waals surface area (Å²) in [6, 6.07) is 5.64. The van der Waals surface area contributed by atoms with E-state index in [0.29, 0.717) is 11.5 Å². The van der Waals surface area contributed by atoms with Gasteiger partial charge in [-0.05, 0) is 60.4 Å². The molecule has 0 spiro atoms. The van der Waals surface area contributed by atoms with Gasteiger partial charge in [-0.3, -0.25) is 0 Å². The van der Waals surface area contributed by atoms with Crippen LogP contribution in [-0.4, -0.2) is 11.1 Å². The van der Waals surface area contributed by atoms with Crippen LogP contribution in [0.25, 0.3) is 5.57 Å². The van der Waals surface area contributed by atoms with Gasteiger partial charge in [0.25, 0.3) is 0 Å². The van der Waals surface area contributed by atoms with E-state index < -0.39 is 5.97 Å². The van der Waals surface area contributed by atoms with Crippen LogP contribution in [0.1, 0.15) is 60.0 Å². The monoisotopic (exact) mass is 256 g/mol. The molecule has 0 radical (unpaired) electrons. The zero-order valence-corrected chi connectivity index (χ0v) is 11.2. The third-order valence-electron chi connectivity index (χ3n) is 4.49. The molecule has 100 valence electrons. The van der Waals surface area contributed by atoms with E-state index in [9.17, 15) is 4.79 Å². The van der Waals surface area contributed by atoms with Crippen molar-refractivity contribution in [2.75, 3.05) is 0 Å². The number of rotatable bonds is 2. The Hall–Kier alpha value is -1.57. The molecule has 1 aromatic rings. The highest BCUT2D eigenvalue weighted by atomic mass is 16.4. The fourth-order valence-electron chi connectivity index (χ4n) is 3.49. The van der Waals surface area contributed by atoms with Gasteiger partial charge in [0.2, 0.25) is 0 Å². The van der Waals surface area contributed by atoms with Gasteiger partial charge in [0.05, 0.1) is 5.56 Å². The first-order chi connectivity index (χ1) is 9.25. The van der Waals surface area contributed by atoms with Gasteiger partial charge in [-0.15, -0.1) is 0 Å². The lowest BCUT2D eigenvalue weighted by Gasteiger charge is -2.28. The normalized spacial score (nSPS) is 19.7. The molecular weight excluding hydrogens is 236 g/mol. The summed E-state index contributed by atoms with van der Waals surface area (Å²) >= 11 is 0. The average Bonchev–Trinajstić information content (AvgIpc) is 2.47. The largest absolute Gasteiger partial charge is 0.478 e. The molecule has 1 fully saturated rings. The Morgan fingerprint density at radius 3 is 2.68 bits per heavy atom. The second-order valence-electron chi connectivity index (χ2n) is 5.71. The van der Waals surface area contributed by atoms with Crippen LogP contribution < -0.4 is 0 Å². The second-order valence-corrected chi connectivity index (χ2v) is 5.71. The van der Waals surface area contributed by atoms with Gasteiger partial charge in [0.15, 0.2) is 0 Å². The summed E-state index contributed by atoms with van der Waals surface area (Å²) in [6.45, 7) is 0. The molecule has 0 bridgehead atoms. The van der Waals surface area contributed by atoms with E-state index in [4.69, 9.17) is 5.11 Å².